The number of aromatic nitrogens is 4. The second-order valence-electron chi connectivity index (χ2n) is 8.88. The zero-order valence-corrected chi connectivity index (χ0v) is 20.7. The van der Waals surface area contributed by atoms with Gasteiger partial charge in [-0.3, -0.25) is 9.48 Å². The van der Waals surface area contributed by atoms with Crippen LogP contribution < -0.4 is 15.5 Å². The van der Waals surface area contributed by atoms with E-state index in [2.05, 4.69) is 36.7 Å². The number of hydrogen-bond donors (Lipinski definition) is 2. The first-order valence-corrected chi connectivity index (χ1v) is 11.9. The lowest BCUT2D eigenvalue weighted by molar-refractivity contribution is 0.102. The van der Waals surface area contributed by atoms with E-state index in [0.29, 0.717) is 24.7 Å². The Kier molecular flexibility index (Phi) is 6.64. The second-order valence-corrected chi connectivity index (χ2v) is 8.88. The topological polar surface area (TPSA) is 97.2 Å². The first-order valence-electron chi connectivity index (χ1n) is 11.9. The molecule has 0 radical (unpaired) electrons. The molecule has 3 heterocycles. The fraction of sp³-hybridized carbons (Fsp3) is 0.259. The maximum absolute atomic E-state index is 13.0. The largest absolute Gasteiger partial charge is 0.378 e. The van der Waals surface area contributed by atoms with Gasteiger partial charge < -0.3 is 20.3 Å². The molecule has 0 aliphatic carbocycles. The maximum atomic E-state index is 13.0. The summed E-state index contributed by atoms with van der Waals surface area (Å²) in [5.41, 5.74) is 6.99. The van der Waals surface area contributed by atoms with Gasteiger partial charge in [-0.25, -0.2) is 9.97 Å². The van der Waals surface area contributed by atoms with Crippen molar-refractivity contribution in [3.8, 4) is 11.3 Å². The van der Waals surface area contributed by atoms with Gasteiger partial charge in [-0.05, 0) is 61.4 Å². The van der Waals surface area contributed by atoms with Crippen LogP contribution in [-0.2, 0) is 11.8 Å². The number of anilines is 4. The van der Waals surface area contributed by atoms with Gasteiger partial charge in [0.2, 0.25) is 5.95 Å². The molecule has 1 fully saturated rings. The van der Waals surface area contributed by atoms with Crippen molar-refractivity contribution in [1.82, 2.24) is 19.7 Å². The molecule has 1 aliphatic rings. The third-order valence-corrected chi connectivity index (χ3v) is 6.20. The molecule has 4 aromatic rings. The standard InChI is InChI=1S/C27H29N7O2/c1-18-4-9-23(34-10-12-36-13-11-34)14-24(18)31-26(35)20-5-7-22(8-6-20)30-27-28-15-19(2)25(32-27)21-16-29-33(3)17-21/h4-9,14-17H,10-13H2,1-3H3,(H,31,35)(H,28,30,32). The summed E-state index contributed by atoms with van der Waals surface area (Å²) in [5, 5.41) is 10.5. The molecular formula is C27H29N7O2. The SMILES string of the molecule is Cc1ccc(N2CCOCC2)cc1NC(=O)c1ccc(Nc2ncc(C)c(-c3cnn(C)c3)n2)cc1. The van der Waals surface area contributed by atoms with Crippen LogP contribution in [0.1, 0.15) is 21.5 Å². The molecule has 2 aromatic heterocycles. The van der Waals surface area contributed by atoms with E-state index in [1.807, 2.05) is 51.4 Å². The summed E-state index contributed by atoms with van der Waals surface area (Å²) in [7, 11) is 1.87. The van der Waals surface area contributed by atoms with Crippen molar-refractivity contribution < 1.29 is 9.53 Å². The molecule has 9 heteroatoms. The Morgan fingerprint density at radius 2 is 1.78 bits per heavy atom. The molecule has 5 rings (SSSR count). The third-order valence-electron chi connectivity index (χ3n) is 6.20. The highest BCUT2D eigenvalue weighted by Crippen LogP contribution is 2.26. The summed E-state index contributed by atoms with van der Waals surface area (Å²) in [6, 6.07) is 13.4. The molecule has 1 saturated heterocycles. The summed E-state index contributed by atoms with van der Waals surface area (Å²) in [5.74, 6) is 0.321. The van der Waals surface area contributed by atoms with Crippen LogP contribution in [0.25, 0.3) is 11.3 Å². The minimum Gasteiger partial charge on any atom is -0.378 e. The highest BCUT2D eigenvalue weighted by Gasteiger charge is 2.14. The molecule has 0 bridgehead atoms. The lowest BCUT2D eigenvalue weighted by Gasteiger charge is -2.29. The Labute approximate surface area is 210 Å². The number of carbonyl (C=O) groups excluding carboxylic acids is 1. The van der Waals surface area contributed by atoms with E-state index >= 15 is 0 Å². The van der Waals surface area contributed by atoms with E-state index in [4.69, 9.17) is 4.74 Å². The average molecular weight is 484 g/mol. The normalized spacial score (nSPS) is 13.5. The van der Waals surface area contributed by atoms with Gasteiger partial charge in [-0.2, -0.15) is 5.10 Å². The zero-order chi connectivity index (χ0) is 25.1. The molecule has 1 amide bonds. The molecule has 0 saturated carbocycles. The van der Waals surface area contributed by atoms with Crippen LogP contribution in [0.5, 0.6) is 0 Å². The number of benzene rings is 2. The van der Waals surface area contributed by atoms with Gasteiger partial charge in [0.25, 0.3) is 5.91 Å². The fourth-order valence-corrected chi connectivity index (χ4v) is 4.13. The van der Waals surface area contributed by atoms with Crippen LogP contribution >= 0.6 is 0 Å². The number of carbonyl (C=O) groups is 1. The smallest absolute Gasteiger partial charge is 0.255 e. The predicted molar refractivity (Wildman–Crippen MR) is 141 cm³/mol. The average Bonchev–Trinajstić information content (AvgIpc) is 3.33. The number of nitrogens with one attached hydrogen (secondary N) is 2. The quantitative estimate of drug-likeness (QED) is 0.421. The van der Waals surface area contributed by atoms with Gasteiger partial charge in [0, 0.05) is 60.7 Å². The van der Waals surface area contributed by atoms with Gasteiger partial charge in [0.1, 0.15) is 0 Å². The van der Waals surface area contributed by atoms with E-state index in [0.717, 1.165) is 52.5 Å². The number of hydrogen-bond acceptors (Lipinski definition) is 7. The first kappa shape index (κ1) is 23.5. The van der Waals surface area contributed by atoms with Crippen LogP contribution in [0.15, 0.2) is 61.1 Å². The monoisotopic (exact) mass is 483 g/mol. The second kappa shape index (κ2) is 10.2. The van der Waals surface area contributed by atoms with E-state index in [1.54, 1.807) is 29.2 Å². The van der Waals surface area contributed by atoms with Crippen molar-refractivity contribution in [2.45, 2.75) is 13.8 Å². The van der Waals surface area contributed by atoms with Crippen LogP contribution in [0, 0.1) is 13.8 Å². The van der Waals surface area contributed by atoms with E-state index < -0.39 is 0 Å². The number of rotatable bonds is 6. The molecule has 1 aliphatic heterocycles. The molecular weight excluding hydrogens is 454 g/mol. The van der Waals surface area contributed by atoms with Gasteiger partial charge in [0.15, 0.2) is 0 Å². The summed E-state index contributed by atoms with van der Waals surface area (Å²) >= 11 is 0. The Hall–Kier alpha value is -4.24. The van der Waals surface area contributed by atoms with Crippen LogP contribution in [0.3, 0.4) is 0 Å². The Morgan fingerprint density at radius 1 is 1.00 bits per heavy atom. The number of nitrogens with zero attached hydrogens (tertiary/aromatic N) is 5. The minimum atomic E-state index is -0.158. The molecule has 2 N–H and O–H groups in total. The van der Waals surface area contributed by atoms with Crippen LogP contribution in [-0.4, -0.2) is 52.0 Å². The molecule has 184 valence electrons. The Balaban J connectivity index is 1.27. The maximum Gasteiger partial charge on any atom is 0.255 e. The highest BCUT2D eigenvalue weighted by atomic mass is 16.5. The molecule has 0 unspecified atom stereocenters. The summed E-state index contributed by atoms with van der Waals surface area (Å²) in [4.78, 5) is 24.3. The van der Waals surface area contributed by atoms with E-state index in [1.165, 1.54) is 0 Å². The van der Waals surface area contributed by atoms with Crippen molar-refractivity contribution >= 4 is 28.9 Å². The summed E-state index contributed by atoms with van der Waals surface area (Å²) in [6.07, 6.45) is 5.49. The molecule has 0 atom stereocenters. The Morgan fingerprint density at radius 3 is 2.50 bits per heavy atom. The summed E-state index contributed by atoms with van der Waals surface area (Å²) in [6.45, 7) is 7.09. The molecule has 0 spiro atoms. The van der Waals surface area contributed by atoms with Crippen molar-refractivity contribution in [3.05, 3.63) is 77.7 Å². The van der Waals surface area contributed by atoms with Crippen molar-refractivity contribution in [2.75, 3.05) is 41.8 Å². The zero-order valence-electron chi connectivity index (χ0n) is 20.7. The lowest BCUT2D eigenvalue weighted by atomic mass is 10.1. The highest BCUT2D eigenvalue weighted by molar-refractivity contribution is 6.05. The van der Waals surface area contributed by atoms with Gasteiger partial charge in [0.05, 0.1) is 25.1 Å². The first-order chi connectivity index (χ1) is 17.5. The van der Waals surface area contributed by atoms with E-state index in [9.17, 15) is 4.79 Å². The molecule has 9 nitrogen and oxygen atoms in total. The number of aryl methyl sites for hydroxylation is 3. The number of amides is 1. The third kappa shape index (κ3) is 5.21. The van der Waals surface area contributed by atoms with Gasteiger partial charge in [-0.15, -0.1) is 0 Å². The van der Waals surface area contributed by atoms with Crippen molar-refractivity contribution in [1.29, 1.82) is 0 Å². The fourth-order valence-electron chi connectivity index (χ4n) is 4.13. The van der Waals surface area contributed by atoms with Crippen LogP contribution in [0.2, 0.25) is 0 Å². The summed E-state index contributed by atoms with van der Waals surface area (Å²) < 4.78 is 7.19. The van der Waals surface area contributed by atoms with Crippen LogP contribution in [0.4, 0.5) is 23.0 Å². The number of ether oxygens (including phenoxy) is 1. The van der Waals surface area contributed by atoms with E-state index in [-0.39, 0.29) is 5.91 Å². The van der Waals surface area contributed by atoms with Gasteiger partial charge in [-0.1, -0.05) is 6.07 Å². The Bertz CT molecular complexity index is 1380. The van der Waals surface area contributed by atoms with Crippen molar-refractivity contribution in [2.24, 2.45) is 7.05 Å². The van der Waals surface area contributed by atoms with Crippen molar-refractivity contribution in [3.63, 3.8) is 0 Å². The molecule has 36 heavy (non-hydrogen) atoms. The number of morpholine rings is 1. The molecule has 2 aromatic carbocycles. The predicted octanol–water partition coefficient (Wildman–Crippen LogP) is 4.33. The lowest BCUT2D eigenvalue weighted by Crippen LogP contribution is -2.36. The minimum absolute atomic E-state index is 0.158. The van der Waals surface area contributed by atoms with Gasteiger partial charge >= 0.3 is 0 Å².